The molecule has 108 valence electrons. The number of hydrogen-bond donors (Lipinski definition) is 1. The van der Waals surface area contributed by atoms with Crippen LogP contribution >= 0.6 is 0 Å². The lowest BCUT2D eigenvalue weighted by molar-refractivity contribution is -0.00264. The minimum Gasteiger partial charge on any atom is -0.467 e. The van der Waals surface area contributed by atoms with Crippen LogP contribution in [0, 0.1) is 5.92 Å². The molecule has 1 aliphatic rings. The Balaban J connectivity index is 1.70. The quantitative estimate of drug-likeness (QED) is 0.760. The van der Waals surface area contributed by atoms with E-state index < -0.39 is 0 Å². The third kappa shape index (κ3) is 5.00. The lowest BCUT2D eigenvalue weighted by atomic mass is 9.89. The summed E-state index contributed by atoms with van der Waals surface area (Å²) in [5, 5.41) is 3.38. The van der Waals surface area contributed by atoms with Gasteiger partial charge in [-0.2, -0.15) is 0 Å². The summed E-state index contributed by atoms with van der Waals surface area (Å²) < 4.78 is 11.5. The van der Waals surface area contributed by atoms with Crippen molar-refractivity contribution in [2.45, 2.75) is 65.2 Å². The first kappa shape index (κ1) is 14.6. The van der Waals surface area contributed by atoms with E-state index >= 15 is 0 Å². The Morgan fingerprint density at radius 2 is 2.32 bits per heavy atom. The lowest BCUT2D eigenvalue weighted by Crippen LogP contribution is -2.21. The first-order chi connectivity index (χ1) is 9.28. The molecule has 0 amide bonds. The fourth-order valence-electron chi connectivity index (χ4n) is 2.73. The van der Waals surface area contributed by atoms with Crippen molar-refractivity contribution in [3.63, 3.8) is 0 Å². The summed E-state index contributed by atoms with van der Waals surface area (Å²) in [5.41, 5.74) is 1.21. The predicted octanol–water partition coefficient (Wildman–Crippen LogP) is 3.87. The van der Waals surface area contributed by atoms with Crippen LogP contribution in [-0.2, 0) is 17.9 Å². The van der Waals surface area contributed by atoms with E-state index in [2.05, 4.69) is 25.2 Å². The van der Waals surface area contributed by atoms with Crippen LogP contribution in [-0.4, -0.2) is 12.6 Å². The van der Waals surface area contributed by atoms with Crippen LogP contribution in [0.4, 0.5) is 0 Å². The second-order valence-corrected chi connectivity index (χ2v) is 5.80. The normalized spacial score (nSPS) is 23.7. The van der Waals surface area contributed by atoms with Crippen molar-refractivity contribution in [3.8, 4) is 0 Å². The molecule has 2 rings (SSSR count). The van der Waals surface area contributed by atoms with Crippen LogP contribution in [0.5, 0.6) is 0 Å². The number of ether oxygens (including phenoxy) is 1. The van der Waals surface area contributed by atoms with E-state index in [0.717, 1.165) is 31.2 Å². The van der Waals surface area contributed by atoms with Gasteiger partial charge in [-0.3, -0.25) is 0 Å². The summed E-state index contributed by atoms with van der Waals surface area (Å²) in [5.74, 6) is 1.76. The van der Waals surface area contributed by atoms with E-state index in [9.17, 15) is 0 Å². The van der Waals surface area contributed by atoms with Gasteiger partial charge in [0.1, 0.15) is 12.4 Å². The molecule has 3 nitrogen and oxygen atoms in total. The minimum atomic E-state index is 0.426. The van der Waals surface area contributed by atoms with Crippen LogP contribution in [0.25, 0.3) is 0 Å². The first-order valence-electron chi connectivity index (χ1n) is 7.66. The summed E-state index contributed by atoms with van der Waals surface area (Å²) in [6, 6.07) is 2.11. The maximum atomic E-state index is 5.96. The highest BCUT2D eigenvalue weighted by molar-refractivity contribution is 5.12. The summed E-state index contributed by atoms with van der Waals surface area (Å²) in [6.07, 6.45) is 8.49. The molecule has 0 bridgehead atoms. The van der Waals surface area contributed by atoms with Crippen molar-refractivity contribution in [1.29, 1.82) is 0 Å². The van der Waals surface area contributed by atoms with E-state index in [1.165, 1.54) is 31.2 Å². The maximum Gasteiger partial charge on any atom is 0.129 e. The molecule has 1 N–H and O–H groups in total. The van der Waals surface area contributed by atoms with Crippen molar-refractivity contribution in [1.82, 2.24) is 5.32 Å². The molecule has 1 saturated carbocycles. The summed E-state index contributed by atoms with van der Waals surface area (Å²) in [7, 11) is 0. The largest absolute Gasteiger partial charge is 0.467 e. The Morgan fingerprint density at radius 1 is 1.42 bits per heavy atom. The highest BCUT2D eigenvalue weighted by Crippen LogP contribution is 2.26. The Kier molecular flexibility index (Phi) is 5.93. The molecule has 0 radical (unpaired) electrons. The fraction of sp³-hybridized carbons (Fsp3) is 0.750. The molecule has 19 heavy (non-hydrogen) atoms. The van der Waals surface area contributed by atoms with Gasteiger partial charge in [-0.05, 0) is 37.8 Å². The molecule has 2 atom stereocenters. The number of furan rings is 1. The molecular weight excluding hydrogens is 238 g/mol. The van der Waals surface area contributed by atoms with Gasteiger partial charge in [-0.1, -0.05) is 26.7 Å². The summed E-state index contributed by atoms with van der Waals surface area (Å²) in [4.78, 5) is 0. The highest BCUT2D eigenvalue weighted by Gasteiger charge is 2.19. The zero-order chi connectivity index (χ0) is 13.5. The van der Waals surface area contributed by atoms with Gasteiger partial charge in [0.25, 0.3) is 0 Å². The van der Waals surface area contributed by atoms with Crippen LogP contribution in [0.1, 0.15) is 57.3 Å². The maximum absolute atomic E-state index is 5.96. The van der Waals surface area contributed by atoms with E-state index in [1.807, 2.05) is 6.26 Å². The van der Waals surface area contributed by atoms with Crippen LogP contribution in [0.3, 0.4) is 0 Å². The molecule has 1 aromatic rings. The SMILES string of the molecule is CCCNCc1coc(COC2CCCC(C)C2)c1. The Morgan fingerprint density at radius 3 is 3.11 bits per heavy atom. The second-order valence-electron chi connectivity index (χ2n) is 5.80. The summed E-state index contributed by atoms with van der Waals surface area (Å²) in [6.45, 7) is 7.05. The van der Waals surface area contributed by atoms with Crippen molar-refractivity contribution in [2.24, 2.45) is 5.92 Å². The molecule has 0 spiro atoms. The monoisotopic (exact) mass is 265 g/mol. The second kappa shape index (κ2) is 7.71. The van der Waals surface area contributed by atoms with E-state index in [4.69, 9.17) is 9.15 Å². The van der Waals surface area contributed by atoms with Crippen LogP contribution in [0.2, 0.25) is 0 Å². The Labute approximate surface area is 116 Å². The van der Waals surface area contributed by atoms with Crippen molar-refractivity contribution in [3.05, 3.63) is 23.7 Å². The molecule has 3 heteroatoms. The Bertz CT molecular complexity index is 361. The lowest BCUT2D eigenvalue weighted by Gasteiger charge is -2.26. The molecule has 1 fully saturated rings. The standard InChI is InChI=1S/C16H27NO2/c1-3-7-17-10-14-9-16(18-11-14)12-19-15-6-4-5-13(2)8-15/h9,11,13,15,17H,3-8,10,12H2,1-2H3. The molecule has 0 aromatic carbocycles. The van der Waals surface area contributed by atoms with Gasteiger partial charge in [-0.15, -0.1) is 0 Å². The van der Waals surface area contributed by atoms with Crippen LogP contribution in [0.15, 0.2) is 16.7 Å². The predicted molar refractivity (Wildman–Crippen MR) is 76.9 cm³/mol. The van der Waals surface area contributed by atoms with Crippen LogP contribution < -0.4 is 5.32 Å². The number of rotatable bonds is 7. The molecule has 0 aliphatic heterocycles. The van der Waals surface area contributed by atoms with E-state index in [0.29, 0.717) is 12.7 Å². The van der Waals surface area contributed by atoms with Gasteiger partial charge in [0.05, 0.1) is 12.4 Å². The average Bonchev–Trinajstić information content (AvgIpc) is 2.85. The van der Waals surface area contributed by atoms with Gasteiger partial charge >= 0.3 is 0 Å². The topological polar surface area (TPSA) is 34.4 Å². The zero-order valence-electron chi connectivity index (χ0n) is 12.3. The van der Waals surface area contributed by atoms with Crippen molar-refractivity contribution < 1.29 is 9.15 Å². The van der Waals surface area contributed by atoms with Crippen molar-refractivity contribution >= 4 is 0 Å². The average molecular weight is 265 g/mol. The van der Waals surface area contributed by atoms with Gasteiger partial charge in [-0.25, -0.2) is 0 Å². The van der Waals surface area contributed by atoms with Gasteiger partial charge in [0.15, 0.2) is 0 Å². The van der Waals surface area contributed by atoms with Gasteiger partial charge < -0.3 is 14.5 Å². The first-order valence-corrected chi connectivity index (χ1v) is 7.66. The smallest absolute Gasteiger partial charge is 0.129 e. The number of hydrogen-bond acceptors (Lipinski definition) is 3. The third-order valence-electron chi connectivity index (χ3n) is 3.81. The molecule has 1 aromatic heterocycles. The molecule has 1 heterocycles. The van der Waals surface area contributed by atoms with E-state index in [1.54, 1.807) is 0 Å². The Hall–Kier alpha value is -0.800. The molecule has 2 unspecified atom stereocenters. The van der Waals surface area contributed by atoms with Gasteiger partial charge in [0, 0.05) is 12.1 Å². The van der Waals surface area contributed by atoms with E-state index in [-0.39, 0.29) is 0 Å². The fourth-order valence-corrected chi connectivity index (χ4v) is 2.73. The molecule has 1 aliphatic carbocycles. The summed E-state index contributed by atoms with van der Waals surface area (Å²) >= 11 is 0. The number of nitrogens with one attached hydrogen (secondary N) is 1. The molecular formula is C16H27NO2. The molecule has 0 saturated heterocycles. The zero-order valence-corrected chi connectivity index (χ0v) is 12.3. The third-order valence-corrected chi connectivity index (χ3v) is 3.81. The minimum absolute atomic E-state index is 0.426. The van der Waals surface area contributed by atoms with Gasteiger partial charge in [0.2, 0.25) is 0 Å². The highest BCUT2D eigenvalue weighted by atomic mass is 16.5. The van der Waals surface area contributed by atoms with Crippen molar-refractivity contribution in [2.75, 3.05) is 6.54 Å².